The van der Waals surface area contributed by atoms with E-state index in [1.807, 2.05) is 30.3 Å². The Kier molecular flexibility index (Phi) is 3.41. The predicted octanol–water partition coefficient (Wildman–Crippen LogP) is 3.17. The minimum atomic E-state index is 0.0853. The molecular formula is C12H11NO2S. The Labute approximate surface area is 97.8 Å². The van der Waals surface area contributed by atoms with Gasteiger partial charge in [0.25, 0.3) is 0 Å². The first kappa shape index (κ1) is 11.0. The molecule has 0 saturated heterocycles. The first-order chi connectivity index (χ1) is 7.75. The first-order valence-corrected chi connectivity index (χ1v) is 5.87. The molecule has 4 heteroatoms. The van der Waals surface area contributed by atoms with Crippen LogP contribution in [0.4, 0.5) is 0 Å². The molecular weight excluding hydrogens is 222 g/mol. The van der Waals surface area contributed by atoms with E-state index in [0.717, 1.165) is 22.0 Å². The molecule has 1 aromatic heterocycles. The molecule has 3 nitrogen and oxygen atoms in total. The van der Waals surface area contributed by atoms with Crippen LogP contribution in [0.3, 0.4) is 0 Å². The van der Waals surface area contributed by atoms with E-state index in [-0.39, 0.29) is 5.78 Å². The highest BCUT2D eigenvalue weighted by Gasteiger charge is 2.02. The van der Waals surface area contributed by atoms with Crippen molar-refractivity contribution in [3.63, 3.8) is 0 Å². The standard InChI is InChI=1S/C12H11NO2S/c1-9(14)10-3-2-4-12(7-10)16-8-11-5-6-13-15-11/h2-7H,8H2,1H3. The number of carbonyl (C=O) groups is 1. The summed E-state index contributed by atoms with van der Waals surface area (Å²) in [6, 6.07) is 9.42. The van der Waals surface area contributed by atoms with Crippen molar-refractivity contribution in [3.8, 4) is 0 Å². The number of nitrogens with zero attached hydrogens (tertiary/aromatic N) is 1. The van der Waals surface area contributed by atoms with Crippen LogP contribution in [-0.2, 0) is 5.75 Å². The van der Waals surface area contributed by atoms with Gasteiger partial charge in [0.1, 0.15) is 5.76 Å². The lowest BCUT2D eigenvalue weighted by Crippen LogP contribution is -1.91. The van der Waals surface area contributed by atoms with Crippen molar-refractivity contribution in [1.29, 1.82) is 0 Å². The molecule has 16 heavy (non-hydrogen) atoms. The van der Waals surface area contributed by atoms with Gasteiger partial charge in [-0.3, -0.25) is 4.79 Å². The van der Waals surface area contributed by atoms with E-state index in [0.29, 0.717) is 0 Å². The van der Waals surface area contributed by atoms with Crippen LogP contribution < -0.4 is 0 Å². The normalized spacial score (nSPS) is 10.3. The number of carbonyl (C=O) groups excluding carboxylic acids is 1. The number of ketones is 1. The summed E-state index contributed by atoms with van der Waals surface area (Å²) < 4.78 is 5.00. The summed E-state index contributed by atoms with van der Waals surface area (Å²) in [5.74, 6) is 1.64. The van der Waals surface area contributed by atoms with Crippen molar-refractivity contribution in [2.24, 2.45) is 0 Å². The second-order valence-electron chi connectivity index (χ2n) is 3.35. The van der Waals surface area contributed by atoms with Gasteiger partial charge in [0, 0.05) is 16.5 Å². The van der Waals surface area contributed by atoms with Crippen LogP contribution in [-0.4, -0.2) is 10.9 Å². The van der Waals surface area contributed by atoms with E-state index in [9.17, 15) is 4.79 Å². The number of benzene rings is 1. The molecule has 2 rings (SSSR count). The smallest absolute Gasteiger partial charge is 0.159 e. The quantitative estimate of drug-likeness (QED) is 0.601. The van der Waals surface area contributed by atoms with Crippen molar-refractivity contribution in [1.82, 2.24) is 5.16 Å². The fraction of sp³-hybridized carbons (Fsp3) is 0.167. The number of hydrogen-bond donors (Lipinski definition) is 0. The Morgan fingerprint density at radius 3 is 3.00 bits per heavy atom. The van der Waals surface area contributed by atoms with Crippen LogP contribution in [0.1, 0.15) is 23.0 Å². The molecule has 0 radical (unpaired) electrons. The van der Waals surface area contributed by atoms with E-state index in [1.165, 1.54) is 0 Å². The maximum atomic E-state index is 11.2. The van der Waals surface area contributed by atoms with E-state index in [1.54, 1.807) is 24.9 Å². The number of aromatic nitrogens is 1. The van der Waals surface area contributed by atoms with Crippen molar-refractivity contribution >= 4 is 17.5 Å². The Morgan fingerprint density at radius 1 is 1.44 bits per heavy atom. The summed E-state index contributed by atoms with van der Waals surface area (Å²) in [6.45, 7) is 1.57. The van der Waals surface area contributed by atoms with Crippen LogP contribution in [0.5, 0.6) is 0 Å². The van der Waals surface area contributed by atoms with Crippen LogP contribution >= 0.6 is 11.8 Å². The minimum absolute atomic E-state index is 0.0853. The van der Waals surface area contributed by atoms with Gasteiger partial charge < -0.3 is 4.52 Å². The monoisotopic (exact) mass is 233 g/mol. The van der Waals surface area contributed by atoms with Gasteiger partial charge in [-0.25, -0.2) is 0 Å². The molecule has 82 valence electrons. The lowest BCUT2D eigenvalue weighted by molar-refractivity contribution is 0.101. The summed E-state index contributed by atoms with van der Waals surface area (Å²) >= 11 is 1.62. The molecule has 1 heterocycles. The van der Waals surface area contributed by atoms with Crippen molar-refractivity contribution in [3.05, 3.63) is 47.9 Å². The number of thioether (sulfide) groups is 1. The molecule has 0 unspecified atom stereocenters. The molecule has 0 bridgehead atoms. The van der Waals surface area contributed by atoms with Crippen LogP contribution in [0, 0.1) is 0 Å². The van der Waals surface area contributed by atoms with Crippen LogP contribution in [0.25, 0.3) is 0 Å². The zero-order valence-electron chi connectivity index (χ0n) is 8.84. The van der Waals surface area contributed by atoms with Gasteiger partial charge in [0.05, 0.1) is 11.9 Å². The maximum Gasteiger partial charge on any atom is 0.159 e. The molecule has 0 aliphatic rings. The molecule has 0 spiro atoms. The number of hydrogen-bond acceptors (Lipinski definition) is 4. The second kappa shape index (κ2) is 4.99. The van der Waals surface area contributed by atoms with Crippen LogP contribution in [0.15, 0.2) is 45.9 Å². The molecule has 0 atom stereocenters. The minimum Gasteiger partial charge on any atom is -0.361 e. The molecule has 0 fully saturated rings. The lowest BCUT2D eigenvalue weighted by atomic mass is 10.2. The lowest BCUT2D eigenvalue weighted by Gasteiger charge is -2.01. The van der Waals surface area contributed by atoms with Crippen LogP contribution in [0.2, 0.25) is 0 Å². The molecule has 1 aromatic carbocycles. The average molecular weight is 233 g/mol. The van der Waals surface area contributed by atoms with Gasteiger partial charge >= 0.3 is 0 Å². The van der Waals surface area contributed by atoms with Gasteiger partial charge in [-0.2, -0.15) is 0 Å². The largest absolute Gasteiger partial charge is 0.361 e. The van der Waals surface area contributed by atoms with Gasteiger partial charge in [-0.1, -0.05) is 17.3 Å². The van der Waals surface area contributed by atoms with E-state index >= 15 is 0 Å². The zero-order chi connectivity index (χ0) is 11.4. The Bertz CT molecular complexity index is 480. The molecule has 0 aliphatic heterocycles. The first-order valence-electron chi connectivity index (χ1n) is 4.89. The van der Waals surface area contributed by atoms with Crippen molar-refractivity contribution in [2.75, 3.05) is 0 Å². The summed E-state index contributed by atoms with van der Waals surface area (Å²) in [5.41, 5.74) is 0.738. The summed E-state index contributed by atoms with van der Waals surface area (Å²) in [7, 11) is 0. The highest BCUT2D eigenvalue weighted by Crippen LogP contribution is 2.23. The number of Topliss-reactive ketones (excluding diaryl/α,β-unsaturated/α-hetero) is 1. The molecule has 0 aliphatic carbocycles. The van der Waals surface area contributed by atoms with Gasteiger partial charge in [0.15, 0.2) is 5.78 Å². The Balaban J connectivity index is 2.04. The van der Waals surface area contributed by atoms with E-state index in [4.69, 9.17) is 4.52 Å². The third kappa shape index (κ3) is 2.73. The summed E-state index contributed by atoms with van der Waals surface area (Å²) in [6.07, 6.45) is 1.63. The Morgan fingerprint density at radius 2 is 2.31 bits per heavy atom. The molecule has 2 aromatic rings. The highest BCUT2D eigenvalue weighted by molar-refractivity contribution is 7.98. The van der Waals surface area contributed by atoms with E-state index in [2.05, 4.69) is 5.16 Å². The summed E-state index contributed by atoms with van der Waals surface area (Å²) in [4.78, 5) is 12.3. The maximum absolute atomic E-state index is 11.2. The molecule has 0 amide bonds. The topological polar surface area (TPSA) is 43.1 Å². The molecule has 0 saturated carbocycles. The van der Waals surface area contributed by atoms with Gasteiger partial charge in [-0.05, 0) is 19.1 Å². The van der Waals surface area contributed by atoms with Gasteiger partial charge in [-0.15, -0.1) is 11.8 Å². The van der Waals surface area contributed by atoms with Crippen molar-refractivity contribution < 1.29 is 9.32 Å². The Hall–Kier alpha value is -1.55. The zero-order valence-corrected chi connectivity index (χ0v) is 9.66. The fourth-order valence-electron chi connectivity index (χ4n) is 1.28. The third-order valence-electron chi connectivity index (χ3n) is 2.11. The number of rotatable bonds is 4. The summed E-state index contributed by atoms with van der Waals surface area (Å²) in [5, 5.41) is 3.64. The average Bonchev–Trinajstić information content (AvgIpc) is 2.79. The fourth-order valence-corrected chi connectivity index (χ4v) is 2.12. The molecule has 0 N–H and O–H groups in total. The van der Waals surface area contributed by atoms with Gasteiger partial charge in [0.2, 0.25) is 0 Å². The predicted molar refractivity (Wildman–Crippen MR) is 62.5 cm³/mol. The highest BCUT2D eigenvalue weighted by atomic mass is 32.2. The van der Waals surface area contributed by atoms with Crippen molar-refractivity contribution in [2.45, 2.75) is 17.6 Å². The second-order valence-corrected chi connectivity index (χ2v) is 4.40. The van der Waals surface area contributed by atoms with E-state index < -0.39 is 0 Å². The SMILES string of the molecule is CC(=O)c1cccc(SCc2ccno2)c1. The third-order valence-corrected chi connectivity index (χ3v) is 3.13.